The molecule has 2 aromatic rings. The fourth-order valence-electron chi connectivity index (χ4n) is 2.40. The molecule has 2 aromatic carbocycles. The number of anilines is 2. The number of benzene rings is 2. The van der Waals surface area contributed by atoms with E-state index in [1.807, 2.05) is 36.4 Å². The SMILES string of the molecule is C=CCc1cc(N)ccc1-c1ccc(N)cc1CC=C. The monoisotopic (exact) mass is 264 g/mol. The summed E-state index contributed by atoms with van der Waals surface area (Å²) >= 11 is 0. The van der Waals surface area contributed by atoms with Crippen molar-refractivity contribution in [3.63, 3.8) is 0 Å². The molecule has 0 amide bonds. The summed E-state index contributed by atoms with van der Waals surface area (Å²) in [6.07, 6.45) is 5.36. The van der Waals surface area contributed by atoms with E-state index < -0.39 is 0 Å². The van der Waals surface area contributed by atoms with E-state index >= 15 is 0 Å². The zero-order valence-electron chi connectivity index (χ0n) is 11.6. The second kappa shape index (κ2) is 6.11. The summed E-state index contributed by atoms with van der Waals surface area (Å²) in [6, 6.07) is 12.0. The van der Waals surface area contributed by atoms with Crippen LogP contribution in [-0.2, 0) is 12.8 Å². The number of allylic oxidation sites excluding steroid dienone is 2. The molecule has 2 nitrogen and oxygen atoms in total. The van der Waals surface area contributed by atoms with Crippen LogP contribution in [-0.4, -0.2) is 0 Å². The molecule has 0 aliphatic heterocycles. The Labute approximate surface area is 120 Å². The lowest BCUT2D eigenvalue weighted by atomic mass is 9.92. The maximum atomic E-state index is 5.89. The van der Waals surface area contributed by atoms with Gasteiger partial charge in [0.15, 0.2) is 0 Å². The lowest BCUT2D eigenvalue weighted by molar-refractivity contribution is 1.24. The van der Waals surface area contributed by atoms with E-state index in [4.69, 9.17) is 11.5 Å². The highest BCUT2D eigenvalue weighted by Gasteiger charge is 2.09. The van der Waals surface area contributed by atoms with Gasteiger partial charge in [-0.15, -0.1) is 13.2 Å². The lowest BCUT2D eigenvalue weighted by Crippen LogP contribution is -1.97. The van der Waals surface area contributed by atoms with E-state index in [-0.39, 0.29) is 0 Å². The summed E-state index contributed by atoms with van der Waals surface area (Å²) in [5, 5.41) is 0. The van der Waals surface area contributed by atoms with Gasteiger partial charge in [-0.3, -0.25) is 0 Å². The fourth-order valence-corrected chi connectivity index (χ4v) is 2.40. The topological polar surface area (TPSA) is 52.0 Å². The van der Waals surface area contributed by atoms with Crippen LogP contribution in [0.4, 0.5) is 11.4 Å². The maximum Gasteiger partial charge on any atom is 0.0317 e. The molecule has 0 fully saturated rings. The Hall–Kier alpha value is -2.48. The third-order valence-corrected chi connectivity index (χ3v) is 3.28. The van der Waals surface area contributed by atoms with Crippen LogP contribution < -0.4 is 11.5 Å². The molecule has 4 N–H and O–H groups in total. The van der Waals surface area contributed by atoms with Crippen molar-refractivity contribution in [1.29, 1.82) is 0 Å². The van der Waals surface area contributed by atoms with Gasteiger partial charge in [0.2, 0.25) is 0 Å². The molecule has 0 unspecified atom stereocenters. The molecule has 0 aromatic heterocycles. The van der Waals surface area contributed by atoms with Gasteiger partial charge in [-0.2, -0.15) is 0 Å². The third kappa shape index (κ3) is 2.91. The number of rotatable bonds is 5. The zero-order valence-corrected chi connectivity index (χ0v) is 11.6. The van der Waals surface area contributed by atoms with Crippen molar-refractivity contribution < 1.29 is 0 Å². The van der Waals surface area contributed by atoms with E-state index in [9.17, 15) is 0 Å². The van der Waals surface area contributed by atoms with Gasteiger partial charge in [0.25, 0.3) is 0 Å². The Morgan fingerprint density at radius 2 is 1.15 bits per heavy atom. The quantitative estimate of drug-likeness (QED) is 0.634. The van der Waals surface area contributed by atoms with E-state index in [1.54, 1.807) is 0 Å². The molecule has 0 saturated carbocycles. The minimum absolute atomic E-state index is 0.770. The van der Waals surface area contributed by atoms with Crippen molar-refractivity contribution >= 4 is 11.4 Å². The summed E-state index contributed by atoms with van der Waals surface area (Å²) in [6.45, 7) is 7.63. The molecule has 0 radical (unpaired) electrons. The Morgan fingerprint density at radius 3 is 1.50 bits per heavy atom. The predicted molar refractivity (Wildman–Crippen MR) is 88.5 cm³/mol. The highest BCUT2D eigenvalue weighted by Crippen LogP contribution is 2.31. The largest absolute Gasteiger partial charge is 0.399 e. The van der Waals surface area contributed by atoms with Gasteiger partial charge in [-0.25, -0.2) is 0 Å². The van der Waals surface area contributed by atoms with Crippen LogP contribution >= 0.6 is 0 Å². The van der Waals surface area contributed by atoms with E-state index in [2.05, 4.69) is 25.3 Å². The number of hydrogen-bond donors (Lipinski definition) is 2. The summed E-state index contributed by atoms with van der Waals surface area (Å²) in [5.74, 6) is 0. The molecule has 102 valence electrons. The second-order valence-electron chi connectivity index (χ2n) is 4.82. The van der Waals surface area contributed by atoms with Crippen molar-refractivity contribution in [2.45, 2.75) is 12.8 Å². The molecule has 20 heavy (non-hydrogen) atoms. The van der Waals surface area contributed by atoms with E-state index in [1.165, 1.54) is 22.3 Å². The molecule has 0 atom stereocenters. The maximum absolute atomic E-state index is 5.89. The first kappa shape index (κ1) is 13.9. The van der Waals surface area contributed by atoms with Crippen LogP contribution in [0.5, 0.6) is 0 Å². The standard InChI is InChI=1S/C18H20N2/c1-3-5-13-11-15(19)7-9-17(13)18-10-8-16(20)12-14(18)6-4-2/h3-4,7-12H,1-2,5-6,19-20H2. The first-order valence-electron chi connectivity index (χ1n) is 6.64. The minimum Gasteiger partial charge on any atom is -0.399 e. The second-order valence-corrected chi connectivity index (χ2v) is 4.82. The lowest BCUT2D eigenvalue weighted by Gasteiger charge is -2.14. The minimum atomic E-state index is 0.770. The number of nitrogens with two attached hydrogens (primary N) is 2. The Kier molecular flexibility index (Phi) is 4.26. The average Bonchev–Trinajstić information content (AvgIpc) is 2.41. The van der Waals surface area contributed by atoms with Gasteiger partial charge in [-0.05, 0) is 59.4 Å². The first-order valence-corrected chi connectivity index (χ1v) is 6.64. The summed E-state index contributed by atoms with van der Waals surface area (Å²) in [7, 11) is 0. The van der Waals surface area contributed by atoms with Crippen LogP contribution in [0.15, 0.2) is 61.7 Å². The molecular formula is C18H20N2. The Morgan fingerprint density at radius 1 is 0.750 bits per heavy atom. The Balaban J connectivity index is 2.60. The number of nitrogen functional groups attached to an aromatic ring is 2. The molecule has 2 rings (SSSR count). The molecule has 0 bridgehead atoms. The highest BCUT2D eigenvalue weighted by atomic mass is 14.5. The van der Waals surface area contributed by atoms with Gasteiger partial charge >= 0.3 is 0 Å². The average molecular weight is 264 g/mol. The van der Waals surface area contributed by atoms with Crippen LogP contribution in [0.1, 0.15) is 11.1 Å². The predicted octanol–water partition coefficient (Wildman–Crippen LogP) is 3.98. The smallest absolute Gasteiger partial charge is 0.0317 e. The van der Waals surface area contributed by atoms with Crippen molar-refractivity contribution in [2.75, 3.05) is 11.5 Å². The molecule has 0 spiro atoms. The molecule has 0 aliphatic rings. The Bertz CT molecular complexity index is 584. The van der Waals surface area contributed by atoms with Gasteiger partial charge in [0.1, 0.15) is 0 Å². The summed E-state index contributed by atoms with van der Waals surface area (Å²) in [5.41, 5.74) is 18.0. The molecule has 0 heterocycles. The van der Waals surface area contributed by atoms with Crippen molar-refractivity contribution in [3.8, 4) is 11.1 Å². The number of hydrogen-bond acceptors (Lipinski definition) is 2. The van der Waals surface area contributed by atoms with Gasteiger partial charge in [0, 0.05) is 11.4 Å². The highest BCUT2D eigenvalue weighted by molar-refractivity contribution is 5.74. The third-order valence-electron chi connectivity index (χ3n) is 3.28. The summed E-state index contributed by atoms with van der Waals surface area (Å²) < 4.78 is 0. The molecular weight excluding hydrogens is 244 g/mol. The zero-order chi connectivity index (χ0) is 14.5. The van der Waals surface area contributed by atoms with Gasteiger partial charge < -0.3 is 11.5 Å². The molecule has 2 heteroatoms. The first-order chi connectivity index (χ1) is 9.65. The van der Waals surface area contributed by atoms with Crippen molar-refractivity contribution in [3.05, 3.63) is 72.8 Å². The van der Waals surface area contributed by atoms with Crippen LogP contribution in [0.2, 0.25) is 0 Å². The summed E-state index contributed by atoms with van der Waals surface area (Å²) in [4.78, 5) is 0. The van der Waals surface area contributed by atoms with Crippen molar-refractivity contribution in [2.24, 2.45) is 0 Å². The fraction of sp³-hybridized carbons (Fsp3) is 0.111. The van der Waals surface area contributed by atoms with Gasteiger partial charge in [0.05, 0.1) is 0 Å². The van der Waals surface area contributed by atoms with E-state index in [0.717, 1.165) is 24.2 Å². The van der Waals surface area contributed by atoms with E-state index in [0.29, 0.717) is 0 Å². The van der Waals surface area contributed by atoms with Crippen LogP contribution in [0, 0.1) is 0 Å². The van der Waals surface area contributed by atoms with Crippen molar-refractivity contribution in [1.82, 2.24) is 0 Å². The van der Waals surface area contributed by atoms with Gasteiger partial charge in [-0.1, -0.05) is 24.3 Å². The molecule has 0 saturated heterocycles. The van der Waals surface area contributed by atoms with Crippen LogP contribution in [0.25, 0.3) is 11.1 Å². The normalized spacial score (nSPS) is 10.2. The molecule has 0 aliphatic carbocycles. The van der Waals surface area contributed by atoms with Crippen LogP contribution in [0.3, 0.4) is 0 Å².